The predicted octanol–water partition coefficient (Wildman–Crippen LogP) is 0.779. The Kier molecular flexibility index (Phi) is 2.42. The summed E-state index contributed by atoms with van der Waals surface area (Å²) in [6.07, 6.45) is 8.35. The van der Waals surface area contributed by atoms with E-state index in [1.807, 2.05) is 0 Å². The number of amides is 3. The number of pyridine rings is 1. The Bertz CT molecular complexity index is 724. The molecule has 1 saturated heterocycles. The van der Waals surface area contributed by atoms with E-state index in [-0.39, 0.29) is 35.5 Å². The smallest absolute Gasteiger partial charge is 0.270 e. The molecule has 2 heterocycles. The number of nitrogens with zero attached hydrogens (tertiary/aromatic N) is 2. The minimum absolute atomic E-state index is 0.161. The van der Waals surface area contributed by atoms with Crippen LogP contribution >= 0.6 is 0 Å². The quantitative estimate of drug-likeness (QED) is 0.647. The van der Waals surface area contributed by atoms with Crippen molar-refractivity contribution in [2.75, 3.05) is 0 Å². The first kappa shape index (κ1) is 13.0. The molecular weight excluding hydrogens is 294 g/mol. The van der Waals surface area contributed by atoms with Crippen LogP contribution in [0.5, 0.6) is 0 Å². The highest BCUT2D eigenvalue weighted by atomic mass is 16.2. The zero-order valence-corrected chi connectivity index (χ0v) is 12.3. The van der Waals surface area contributed by atoms with Gasteiger partial charge in [-0.3, -0.25) is 24.8 Å². The largest absolute Gasteiger partial charge is 0.272 e. The van der Waals surface area contributed by atoms with Gasteiger partial charge in [-0.25, -0.2) is 0 Å². The van der Waals surface area contributed by atoms with E-state index in [2.05, 4.69) is 22.6 Å². The van der Waals surface area contributed by atoms with E-state index in [0.717, 1.165) is 11.4 Å². The second-order valence-corrected chi connectivity index (χ2v) is 6.84. The van der Waals surface area contributed by atoms with Crippen molar-refractivity contribution in [2.24, 2.45) is 35.5 Å². The fourth-order valence-corrected chi connectivity index (χ4v) is 4.74. The molecule has 6 rings (SSSR count). The third kappa shape index (κ3) is 1.63. The molecular formula is C17H15N3O3. The average Bonchev–Trinajstić information content (AvgIpc) is 3.37. The Morgan fingerprint density at radius 3 is 2.17 bits per heavy atom. The van der Waals surface area contributed by atoms with Gasteiger partial charge in [0, 0.05) is 18.0 Å². The van der Waals surface area contributed by atoms with E-state index in [0.29, 0.717) is 17.4 Å². The molecule has 0 unspecified atom stereocenters. The van der Waals surface area contributed by atoms with Crippen molar-refractivity contribution in [1.82, 2.24) is 15.4 Å². The minimum atomic E-state index is -0.460. The van der Waals surface area contributed by atoms with E-state index in [1.54, 1.807) is 12.1 Å². The van der Waals surface area contributed by atoms with Gasteiger partial charge in [-0.15, -0.1) is 0 Å². The van der Waals surface area contributed by atoms with Gasteiger partial charge in [0.15, 0.2) is 0 Å². The normalized spacial score (nSPS) is 39.2. The monoisotopic (exact) mass is 309 g/mol. The number of hydrogen-bond donors (Lipinski definition) is 1. The lowest BCUT2D eigenvalue weighted by Gasteiger charge is -2.37. The van der Waals surface area contributed by atoms with E-state index in [4.69, 9.17) is 0 Å². The van der Waals surface area contributed by atoms with Crippen molar-refractivity contribution in [3.8, 4) is 0 Å². The summed E-state index contributed by atoms with van der Waals surface area (Å²) in [7, 11) is 0. The molecule has 116 valence electrons. The van der Waals surface area contributed by atoms with Crippen LogP contribution in [0.15, 0.2) is 36.7 Å². The summed E-state index contributed by atoms with van der Waals surface area (Å²) in [5.74, 6) is -0.128. The lowest BCUT2D eigenvalue weighted by Crippen LogP contribution is -2.46. The second kappa shape index (κ2) is 4.28. The Balaban J connectivity index is 1.42. The first-order valence-corrected chi connectivity index (χ1v) is 7.94. The van der Waals surface area contributed by atoms with Crippen molar-refractivity contribution < 1.29 is 14.4 Å². The van der Waals surface area contributed by atoms with Gasteiger partial charge < -0.3 is 0 Å². The van der Waals surface area contributed by atoms with Crippen LogP contribution in [0.1, 0.15) is 16.8 Å². The first-order valence-electron chi connectivity index (χ1n) is 7.94. The van der Waals surface area contributed by atoms with Crippen LogP contribution < -0.4 is 5.43 Å². The molecule has 1 aliphatic heterocycles. The van der Waals surface area contributed by atoms with Gasteiger partial charge in [-0.1, -0.05) is 12.2 Å². The summed E-state index contributed by atoms with van der Waals surface area (Å²) >= 11 is 0. The Morgan fingerprint density at radius 1 is 1.04 bits per heavy atom. The highest BCUT2D eigenvalue weighted by Gasteiger charge is 2.67. The maximum atomic E-state index is 12.7. The van der Waals surface area contributed by atoms with E-state index >= 15 is 0 Å². The molecule has 0 radical (unpaired) electrons. The number of carbonyl (C=O) groups is 3. The Labute approximate surface area is 132 Å². The number of allylic oxidation sites excluding steroid dienone is 2. The first-order chi connectivity index (χ1) is 11.2. The maximum Gasteiger partial charge on any atom is 0.270 e. The van der Waals surface area contributed by atoms with Crippen LogP contribution in [0.4, 0.5) is 0 Å². The standard InChI is InChI=1S/C17H15N3O3/c21-15(8-3-5-18-6-4-8)19-20-16(22)13-9-1-2-10(12-7-11(9)12)14(13)17(20)23/h1-6,9-14H,7H2,(H,19,21)/t9-,10-,11-,12+,13-,14-/m1/s1. The van der Waals surface area contributed by atoms with Crippen LogP contribution in [0.25, 0.3) is 0 Å². The number of imide groups is 1. The second-order valence-electron chi connectivity index (χ2n) is 6.84. The summed E-state index contributed by atoms with van der Waals surface area (Å²) in [5, 5.41) is 0.954. The predicted molar refractivity (Wildman–Crippen MR) is 78.3 cm³/mol. The Morgan fingerprint density at radius 2 is 1.61 bits per heavy atom. The van der Waals surface area contributed by atoms with Crippen LogP contribution in [-0.4, -0.2) is 27.7 Å². The molecule has 0 spiro atoms. The van der Waals surface area contributed by atoms with Crippen molar-refractivity contribution in [3.63, 3.8) is 0 Å². The van der Waals surface area contributed by atoms with Crippen LogP contribution in [0, 0.1) is 35.5 Å². The van der Waals surface area contributed by atoms with Crippen molar-refractivity contribution in [1.29, 1.82) is 0 Å². The molecule has 23 heavy (non-hydrogen) atoms. The van der Waals surface area contributed by atoms with Gasteiger partial charge >= 0.3 is 0 Å². The zero-order chi connectivity index (χ0) is 15.7. The highest BCUT2D eigenvalue weighted by molar-refractivity contribution is 6.08. The zero-order valence-electron chi connectivity index (χ0n) is 12.3. The fourth-order valence-electron chi connectivity index (χ4n) is 4.74. The maximum absolute atomic E-state index is 12.7. The summed E-state index contributed by atoms with van der Waals surface area (Å²) in [4.78, 5) is 41.5. The average molecular weight is 309 g/mol. The lowest BCUT2D eigenvalue weighted by atomic mass is 9.63. The molecule has 6 atom stereocenters. The summed E-state index contributed by atoms with van der Waals surface area (Å²) < 4.78 is 0. The minimum Gasteiger partial charge on any atom is -0.272 e. The lowest BCUT2D eigenvalue weighted by molar-refractivity contribution is -0.143. The summed E-state index contributed by atoms with van der Waals surface area (Å²) in [6, 6.07) is 3.10. The topological polar surface area (TPSA) is 79.4 Å². The highest BCUT2D eigenvalue weighted by Crippen LogP contribution is 2.65. The van der Waals surface area contributed by atoms with E-state index < -0.39 is 5.91 Å². The molecule has 3 amide bonds. The molecule has 2 saturated carbocycles. The molecule has 4 aliphatic carbocycles. The van der Waals surface area contributed by atoms with Crippen LogP contribution in [-0.2, 0) is 9.59 Å². The summed E-state index contributed by atoms with van der Waals surface area (Å²) in [6.45, 7) is 0. The molecule has 1 aromatic rings. The molecule has 1 aromatic heterocycles. The van der Waals surface area contributed by atoms with Crippen LogP contribution in [0.3, 0.4) is 0 Å². The SMILES string of the molecule is O=C(NN1C(=O)[C@@H]2[C@@H]3C=C[C@H]([C@@H]4C[C@H]34)[C@H]2C1=O)c1ccncc1. The molecule has 6 nitrogen and oxygen atoms in total. The van der Waals surface area contributed by atoms with E-state index in [9.17, 15) is 14.4 Å². The van der Waals surface area contributed by atoms with Crippen molar-refractivity contribution in [3.05, 3.63) is 42.2 Å². The number of aromatic nitrogens is 1. The number of carbonyl (C=O) groups excluding carboxylic acids is 3. The third-order valence-corrected chi connectivity index (χ3v) is 5.82. The van der Waals surface area contributed by atoms with Crippen molar-refractivity contribution >= 4 is 17.7 Å². The molecule has 5 aliphatic rings. The van der Waals surface area contributed by atoms with Crippen LogP contribution in [0.2, 0.25) is 0 Å². The van der Waals surface area contributed by atoms with Gasteiger partial charge in [0.25, 0.3) is 17.7 Å². The Hall–Kier alpha value is -2.50. The number of hydrazine groups is 1. The number of hydrogen-bond acceptors (Lipinski definition) is 4. The molecule has 2 bridgehead atoms. The van der Waals surface area contributed by atoms with Gasteiger partial charge in [0.05, 0.1) is 11.8 Å². The van der Waals surface area contributed by atoms with Gasteiger partial charge in [0.1, 0.15) is 0 Å². The van der Waals surface area contributed by atoms with Gasteiger partial charge in [-0.2, -0.15) is 5.01 Å². The molecule has 3 fully saturated rings. The summed E-state index contributed by atoms with van der Waals surface area (Å²) in [5.41, 5.74) is 2.86. The van der Waals surface area contributed by atoms with E-state index in [1.165, 1.54) is 12.4 Å². The van der Waals surface area contributed by atoms with Gasteiger partial charge in [0.2, 0.25) is 0 Å². The number of rotatable bonds is 2. The fraction of sp³-hybridized carbons (Fsp3) is 0.412. The number of nitrogens with one attached hydrogen (secondary N) is 1. The van der Waals surface area contributed by atoms with Crippen molar-refractivity contribution in [2.45, 2.75) is 6.42 Å². The third-order valence-electron chi connectivity index (χ3n) is 5.82. The molecule has 1 N–H and O–H groups in total. The van der Waals surface area contributed by atoms with Gasteiger partial charge in [-0.05, 0) is 42.2 Å². The molecule has 0 aromatic carbocycles. The molecule has 6 heteroatoms.